The van der Waals surface area contributed by atoms with Crippen molar-refractivity contribution in [3.05, 3.63) is 58.6 Å². The van der Waals surface area contributed by atoms with E-state index in [2.05, 4.69) is 10.9 Å². The van der Waals surface area contributed by atoms with Gasteiger partial charge in [0.05, 0.1) is 24.8 Å². The molecule has 6 nitrogen and oxygen atoms in total. The molecular formula is C17H17ClN2O4. The van der Waals surface area contributed by atoms with Crippen LogP contribution in [0.5, 0.6) is 11.5 Å². The number of halogens is 1. The van der Waals surface area contributed by atoms with Gasteiger partial charge in [-0.05, 0) is 37.3 Å². The van der Waals surface area contributed by atoms with Crippen molar-refractivity contribution >= 4 is 23.4 Å². The normalized spacial score (nSPS) is 9.96. The highest BCUT2D eigenvalue weighted by molar-refractivity contribution is 6.31. The second-order valence-electron chi connectivity index (χ2n) is 4.68. The molecule has 0 fully saturated rings. The van der Waals surface area contributed by atoms with Crippen LogP contribution in [0.15, 0.2) is 42.5 Å². The first-order valence-corrected chi connectivity index (χ1v) is 7.60. The fourth-order valence-electron chi connectivity index (χ4n) is 2.04. The van der Waals surface area contributed by atoms with Crippen molar-refractivity contribution in [3.8, 4) is 11.5 Å². The Hall–Kier alpha value is -2.73. The summed E-state index contributed by atoms with van der Waals surface area (Å²) >= 11 is 5.89. The van der Waals surface area contributed by atoms with Crippen molar-refractivity contribution < 1.29 is 19.1 Å². The predicted octanol–water partition coefficient (Wildman–Crippen LogP) is 2.82. The molecule has 126 valence electrons. The van der Waals surface area contributed by atoms with E-state index in [0.717, 1.165) is 0 Å². The van der Waals surface area contributed by atoms with E-state index in [9.17, 15) is 9.59 Å². The Morgan fingerprint density at radius 3 is 2.33 bits per heavy atom. The van der Waals surface area contributed by atoms with E-state index in [1.54, 1.807) is 36.4 Å². The smallest absolute Gasteiger partial charge is 0.273 e. The highest BCUT2D eigenvalue weighted by Crippen LogP contribution is 2.22. The van der Waals surface area contributed by atoms with Gasteiger partial charge >= 0.3 is 0 Å². The van der Waals surface area contributed by atoms with Crippen LogP contribution in [-0.2, 0) is 0 Å². The molecule has 0 saturated carbocycles. The van der Waals surface area contributed by atoms with Crippen molar-refractivity contribution in [2.75, 3.05) is 13.7 Å². The van der Waals surface area contributed by atoms with Crippen LogP contribution in [0.1, 0.15) is 27.6 Å². The van der Waals surface area contributed by atoms with Crippen molar-refractivity contribution in [2.45, 2.75) is 6.92 Å². The van der Waals surface area contributed by atoms with Gasteiger partial charge in [-0.25, -0.2) is 0 Å². The van der Waals surface area contributed by atoms with Gasteiger partial charge in [0, 0.05) is 5.02 Å². The van der Waals surface area contributed by atoms with E-state index < -0.39 is 11.8 Å². The number of benzene rings is 2. The van der Waals surface area contributed by atoms with Crippen LogP contribution in [0.4, 0.5) is 0 Å². The van der Waals surface area contributed by atoms with Crippen LogP contribution in [0.25, 0.3) is 0 Å². The number of ether oxygens (including phenoxy) is 2. The van der Waals surface area contributed by atoms with Crippen molar-refractivity contribution in [1.29, 1.82) is 0 Å². The second kappa shape index (κ2) is 8.21. The number of carbonyl (C=O) groups excluding carboxylic acids is 2. The molecule has 0 aliphatic heterocycles. The third-order valence-electron chi connectivity index (χ3n) is 3.13. The fraction of sp³-hybridized carbons (Fsp3) is 0.176. The largest absolute Gasteiger partial charge is 0.496 e. The van der Waals surface area contributed by atoms with Crippen LogP contribution in [0.3, 0.4) is 0 Å². The van der Waals surface area contributed by atoms with Crippen molar-refractivity contribution in [2.24, 2.45) is 0 Å². The Morgan fingerprint density at radius 1 is 1.00 bits per heavy atom. The molecule has 2 aromatic rings. The number of hydrogen-bond acceptors (Lipinski definition) is 4. The van der Waals surface area contributed by atoms with Crippen LogP contribution in [-0.4, -0.2) is 25.5 Å². The minimum atomic E-state index is -0.545. The average Bonchev–Trinajstić information content (AvgIpc) is 2.60. The fourth-order valence-corrected chi connectivity index (χ4v) is 2.21. The van der Waals surface area contributed by atoms with E-state index in [-0.39, 0.29) is 5.56 Å². The van der Waals surface area contributed by atoms with E-state index >= 15 is 0 Å². The molecule has 2 rings (SSSR count). The molecule has 0 atom stereocenters. The van der Waals surface area contributed by atoms with Crippen molar-refractivity contribution in [1.82, 2.24) is 10.9 Å². The summed E-state index contributed by atoms with van der Waals surface area (Å²) in [6.45, 7) is 2.25. The average molecular weight is 349 g/mol. The first-order valence-electron chi connectivity index (χ1n) is 7.22. The maximum atomic E-state index is 12.2. The minimum absolute atomic E-state index is 0.211. The number of methoxy groups -OCH3 is 1. The van der Waals surface area contributed by atoms with E-state index in [0.29, 0.717) is 28.7 Å². The molecule has 7 heteroatoms. The third-order valence-corrected chi connectivity index (χ3v) is 3.36. The number of rotatable bonds is 5. The monoisotopic (exact) mass is 348 g/mol. The molecule has 0 spiro atoms. The van der Waals surface area contributed by atoms with Gasteiger partial charge < -0.3 is 9.47 Å². The topological polar surface area (TPSA) is 76.7 Å². The zero-order valence-corrected chi connectivity index (χ0v) is 14.0. The molecule has 0 heterocycles. The number of hydrogen-bond donors (Lipinski definition) is 2. The van der Waals surface area contributed by atoms with Gasteiger partial charge in [0.2, 0.25) is 0 Å². The molecule has 0 aliphatic carbocycles. The summed E-state index contributed by atoms with van der Waals surface area (Å²) in [6.07, 6.45) is 0. The third kappa shape index (κ3) is 4.17. The Bertz CT molecular complexity index is 749. The molecule has 2 amide bonds. The molecule has 2 N–H and O–H groups in total. The van der Waals surface area contributed by atoms with Gasteiger partial charge in [-0.3, -0.25) is 20.4 Å². The maximum absolute atomic E-state index is 12.2. The van der Waals surface area contributed by atoms with Gasteiger partial charge in [0.25, 0.3) is 11.8 Å². The number of hydrazine groups is 1. The number of carbonyl (C=O) groups is 2. The van der Waals surface area contributed by atoms with E-state index in [1.807, 2.05) is 6.92 Å². The predicted molar refractivity (Wildman–Crippen MR) is 90.5 cm³/mol. The standard InChI is InChI=1S/C17H17ClN2O4/c1-3-24-15-7-5-4-6-12(15)16(21)19-20-17(22)13-10-11(18)8-9-14(13)23-2/h4-10H,3H2,1-2H3,(H,19,21)(H,20,22). The van der Waals surface area contributed by atoms with Crippen LogP contribution in [0, 0.1) is 0 Å². The lowest BCUT2D eigenvalue weighted by Gasteiger charge is -2.12. The SMILES string of the molecule is CCOc1ccccc1C(=O)NNC(=O)c1cc(Cl)ccc1OC. The summed E-state index contributed by atoms with van der Waals surface area (Å²) in [5.41, 5.74) is 5.21. The van der Waals surface area contributed by atoms with Gasteiger partial charge in [-0.15, -0.1) is 0 Å². The number of amides is 2. The highest BCUT2D eigenvalue weighted by atomic mass is 35.5. The zero-order chi connectivity index (χ0) is 17.5. The quantitative estimate of drug-likeness (QED) is 0.815. The summed E-state index contributed by atoms with van der Waals surface area (Å²) in [6, 6.07) is 11.4. The first-order chi connectivity index (χ1) is 11.6. The molecule has 0 bridgehead atoms. The Kier molecular flexibility index (Phi) is 6.03. The number of para-hydroxylation sites is 1. The molecule has 0 saturated heterocycles. The highest BCUT2D eigenvalue weighted by Gasteiger charge is 2.16. The summed E-state index contributed by atoms with van der Waals surface area (Å²) < 4.78 is 10.5. The summed E-state index contributed by atoms with van der Waals surface area (Å²) in [5.74, 6) is -0.252. The Morgan fingerprint density at radius 2 is 1.67 bits per heavy atom. The first kappa shape index (κ1) is 17.6. The zero-order valence-electron chi connectivity index (χ0n) is 13.3. The van der Waals surface area contributed by atoms with Gasteiger partial charge in [0.15, 0.2) is 0 Å². The van der Waals surface area contributed by atoms with E-state index in [1.165, 1.54) is 13.2 Å². The molecule has 0 unspecified atom stereocenters. The molecule has 2 aromatic carbocycles. The molecule has 0 aromatic heterocycles. The van der Waals surface area contributed by atoms with Crippen molar-refractivity contribution in [3.63, 3.8) is 0 Å². The lowest BCUT2D eigenvalue weighted by atomic mass is 10.2. The Labute approximate surface area is 144 Å². The molecule has 24 heavy (non-hydrogen) atoms. The van der Waals surface area contributed by atoms with Crippen LogP contribution >= 0.6 is 11.6 Å². The van der Waals surface area contributed by atoms with Gasteiger partial charge in [0.1, 0.15) is 11.5 Å². The van der Waals surface area contributed by atoms with Crippen LogP contribution < -0.4 is 20.3 Å². The lowest BCUT2D eigenvalue weighted by Crippen LogP contribution is -2.41. The maximum Gasteiger partial charge on any atom is 0.273 e. The molecule has 0 radical (unpaired) electrons. The molecule has 0 aliphatic rings. The Balaban J connectivity index is 2.09. The van der Waals surface area contributed by atoms with Crippen LogP contribution in [0.2, 0.25) is 5.02 Å². The van der Waals surface area contributed by atoms with E-state index in [4.69, 9.17) is 21.1 Å². The summed E-state index contributed by atoms with van der Waals surface area (Å²) in [7, 11) is 1.44. The lowest BCUT2D eigenvalue weighted by molar-refractivity contribution is 0.0842. The summed E-state index contributed by atoms with van der Waals surface area (Å²) in [5, 5.41) is 0.383. The summed E-state index contributed by atoms with van der Waals surface area (Å²) in [4.78, 5) is 24.5. The second-order valence-corrected chi connectivity index (χ2v) is 5.12. The van der Waals surface area contributed by atoms with Gasteiger partial charge in [-0.2, -0.15) is 0 Å². The minimum Gasteiger partial charge on any atom is -0.496 e. The van der Waals surface area contributed by atoms with Gasteiger partial charge in [-0.1, -0.05) is 23.7 Å². The number of nitrogens with one attached hydrogen (secondary N) is 2. The molecular weight excluding hydrogens is 332 g/mol.